The third-order valence-electron chi connectivity index (χ3n) is 3.67. The maximum absolute atomic E-state index is 12.5. The van der Waals surface area contributed by atoms with Crippen molar-refractivity contribution in [1.82, 2.24) is 15.1 Å². The second-order valence-electron chi connectivity index (χ2n) is 5.35. The van der Waals surface area contributed by atoms with E-state index in [-0.39, 0.29) is 24.2 Å². The molecule has 1 fully saturated rings. The van der Waals surface area contributed by atoms with Gasteiger partial charge in [0.15, 0.2) is 0 Å². The van der Waals surface area contributed by atoms with Crippen LogP contribution in [0.5, 0.6) is 0 Å². The summed E-state index contributed by atoms with van der Waals surface area (Å²) in [5, 5.41) is 7.69. The summed E-state index contributed by atoms with van der Waals surface area (Å²) in [6.45, 7) is 0.878. The van der Waals surface area contributed by atoms with Crippen molar-refractivity contribution in [2.75, 3.05) is 6.54 Å². The number of aromatic nitrogens is 2. The summed E-state index contributed by atoms with van der Waals surface area (Å²) in [5.74, 6) is 0.457. The second-order valence-corrected chi connectivity index (χ2v) is 5.35. The van der Waals surface area contributed by atoms with Gasteiger partial charge in [0.1, 0.15) is 0 Å². The van der Waals surface area contributed by atoms with E-state index in [9.17, 15) is 18.0 Å². The molecule has 1 aromatic carbocycles. The van der Waals surface area contributed by atoms with Crippen molar-refractivity contribution >= 4 is 5.91 Å². The summed E-state index contributed by atoms with van der Waals surface area (Å²) < 4.78 is 43.1. The number of nitrogens with zero attached hydrogens (tertiary/aromatic N) is 3. The van der Waals surface area contributed by atoms with Crippen molar-refractivity contribution in [3.8, 4) is 11.5 Å². The number of halogens is 3. The molecule has 0 saturated carbocycles. The molecule has 3 rings (SSSR count). The number of rotatable bonds is 3. The van der Waals surface area contributed by atoms with Crippen LogP contribution in [0.3, 0.4) is 0 Å². The highest BCUT2D eigenvalue weighted by atomic mass is 19.4. The molecule has 1 saturated heterocycles. The first kappa shape index (κ1) is 15.5. The predicted octanol–water partition coefficient (Wildman–Crippen LogP) is 3.27. The van der Waals surface area contributed by atoms with Gasteiger partial charge in [-0.3, -0.25) is 4.79 Å². The molecule has 2 heterocycles. The maximum atomic E-state index is 12.5. The van der Waals surface area contributed by atoms with E-state index < -0.39 is 11.7 Å². The Morgan fingerprint density at radius 1 is 1.13 bits per heavy atom. The van der Waals surface area contributed by atoms with Crippen LogP contribution in [-0.4, -0.2) is 27.5 Å². The van der Waals surface area contributed by atoms with Gasteiger partial charge in [0.05, 0.1) is 12.1 Å². The molecule has 1 aliphatic rings. The number of alkyl halides is 3. The first-order valence-corrected chi connectivity index (χ1v) is 7.21. The molecule has 5 nitrogen and oxygen atoms in total. The third kappa shape index (κ3) is 3.52. The average Bonchev–Trinajstić information content (AvgIpc) is 2.97. The average molecular weight is 325 g/mol. The molecule has 8 heteroatoms. The van der Waals surface area contributed by atoms with Gasteiger partial charge >= 0.3 is 6.18 Å². The van der Waals surface area contributed by atoms with Crippen molar-refractivity contribution in [1.29, 1.82) is 0 Å². The Morgan fingerprint density at radius 3 is 2.52 bits per heavy atom. The topological polar surface area (TPSA) is 59.2 Å². The molecule has 0 bridgehead atoms. The minimum atomic E-state index is -4.38. The molecule has 23 heavy (non-hydrogen) atoms. The number of amides is 1. The third-order valence-corrected chi connectivity index (χ3v) is 3.67. The quantitative estimate of drug-likeness (QED) is 0.869. The highest BCUT2D eigenvalue weighted by molar-refractivity contribution is 5.76. The number of piperidine rings is 1. The molecule has 1 aliphatic heterocycles. The van der Waals surface area contributed by atoms with Gasteiger partial charge in [-0.15, -0.1) is 10.2 Å². The van der Waals surface area contributed by atoms with Crippen LogP contribution in [0.15, 0.2) is 28.7 Å². The predicted molar refractivity (Wildman–Crippen MR) is 74.0 cm³/mol. The molecule has 2 aromatic rings. The molecule has 0 spiro atoms. The van der Waals surface area contributed by atoms with Gasteiger partial charge in [0, 0.05) is 18.5 Å². The van der Waals surface area contributed by atoms with Crippen LogP contribution in [0.25, 0.3) is 11.5 Å². The molecule has 1 amide bonds. The monoisotopic (exact) mass is 325 g/mol. The van der Waals surface area contributed by atoms with Crippen LogP contribution in [0, 0.1) is 0 Å². The van der Waals surface area contributed by atoms with Crippen molar-refractivity contribution < 1.29 is 22.4 Å². The zero-order valence-electron chi connectivity index (χ0n) is 12.1. The minimum absolute atomic E-state index is 0.0468. The van der Waals surface area contributed by atoms with E-state index in [1.165, 1.54) is 12.1 Å². The number of hydrogen-bond acceptors (Lipinski definition) is 4. The Hall–Kier alpha value is -2.38. The zero-order valence-corrected chi connectivity index (χ0v) is 12.1. The molecule has 0 N–H and O–H groups in total. The fourth-order valence-electron chi connectivity index (χ4n) is 2.43. The molecule has 0 atom stereocenters. The fraction of sp³-hybridized carbons (Fsp3) is 0.400. The van der Waals surface area contributed by atoms with Crippen LogP contribution in [0.1, 0.15) is 30.7 Å². The van der Waals surface area contributed by atoms with Gasteiger partial charge in [0.25, 0.3) is 0 Å². The highest BCUT2D eigenvalue weighted by Gasteiger charge is 2.30. The fourth-order valence-corrected chi connectivity index (χ4v) is 2.43. The van der Waals surface area contributed by atoms with Gasteiger partial charge < -0.3 is 9.32 Å². The Labute approximate surface area is 130 Å². The number of hydrogen-bond donors (Lipinski definition) is 0. The van der Waals surface area contributed by atoms with Crippen LogP contribution < -0.4 is 0 Å². The second kappa shape index (κ2) is 6.02. The molecule has 0 unspecified atom stereocenters. The molecular formula is C15H14F3N3O2. The molecule has 1 aromatic heterocycles. The van der Waals surface area contributed by atoms with Crippen molar-refractivity contribution in [3.63, 3.8) is 0 Å². The zero-order chi connectivity index (χ0) is 16.4. The van der Waals surface area contributed by atoms with Crippen LogP contribution in [-0.2, 0) is 17.5 Å². The lowest BCUT2D eigenvalue weighted by Crippen LogP contribution is -2.34. The van der Waals surface area contributed by atoms with Crippen molar-refractivity contribution in [3.05, 3.63) is 35.7 Å². The summed E-state index contributed by atoms with van der Waals surface area (Å²) in [6.07, 6.45) is -2.05. The number of likely N-dealkylation sites (tertiary alicyclic amines) is 1. The van der Waals surface area contributed by atoms with Crippen molar-refractivity contribution in [2.24, 2.45) is 0 Å². The van der Waals surface area contributed by atoms with Gasteiger partial charge in [-0.1, -0.05) is 0 Å². The number of carbonyl (C=O) groups is 1. The summed E-state index contributed by atoms with van der Waals surface area (Å²) in [7, 11) is 0. The lowest BCUT2D eigenvalue weighted by molar-refractivity contribution is -0.137. The Balaban J connectivity index is 1.72. The van der Waals surface area contributed by atoms with Gasteiger partial charge in [-0.05, 0) is 37.1 Å². The summed E-state index contributed by atoms with van der Waals surface area (Å²) in [6, 6.07) is 4.50. The van der Waals surface area contributed by atoms with Gasteiger partial charge in [0.2, 0.25) is 17.7 Å². The largest absolute Gasteiger partial charge is 0.419 e. The maximum Gasteiger partial charge on any atom is 0.416 e. The van der Waals surface area contributed by atoms with E-state index in [1.54, 1.807) is 4.90 Å². The van der Waals surface area contributed by atoms with E-state index in [1.807, 2.05) is 0 Å². The van der Waals surface area contributed by atoms with E-state index in [2.05, 4.69) is 10.2 Å². The first-order chi connectivity index (χ1) is 10.9. The summed E-state index contributed by atoms with van der Waals surface area (Å²) in [4.78, 5) is 13.4. The van der Waals surface area contributed by atoms with E-state index in [0.717, 1.165) is 25.0 Å². The molecule has 0 radical (unpaired) electrons. The molecule has 122 valence electrons. The molecule has 0 aliphatic carbocycles. The SMILES string of the molecule is O=C1CCCCN1Cc1nnc(-c2ccc(C(F)(F)F)cc2)o1. The van der Waals surface area contributed by atoms with Crippen molar-refractivity contribution in [2.45, 2.75) is 32.0 Å². The van der Waals surface area contributed by atoms with Crippen LogP contribution in [0.2, 0.25) is 0 Å². The Bertz CT molecular complexity index is 695. The van der Waals surface area contributed by atoms with E-state index in [0.29, 0.717) is 18.5 Å². The summed E-state index contributed by atoms with van der Waals surface area (Å²) >= 11 is 0. The normalized spacial score (nSPS) is 16.0. The first-order valence-electron chi connectivity index (χ1n) is 7.21. The standard InChI is InChI=1S/C15H14F3N3O2/c16-15(17,18)11-6-4-10(5-7-11)14-20-19-12(23-14)9-21-8-2-1-3-13(21)22/h4-7H,1-3,8-9H2. The molecular weight excluding hydrogens is 311 g/mol. The van der Waals surface area contributed by atoms with Gasteiger partial charge in [-0.2, -0.15) is 13.2 Å². The summed E-state index contributed by atoms with van der Waals surface area (Å²) in [5.41, 5.74) is -0.332. The van der Waals surface area contributed by atoms with Gasteiger partial charge in [-0.25, -0.2) is 0 Å². The minimum Gasteiger partial charge on any atom is -0.419 e. The van der Waals surface area contributed by atoms with Crippen LogP contribution >= 0.6 is 0 Å². The number of carbonyl (C=O) groups excluding carboxylic acids is 1. The smallest absolute Gasteiger partial charge is 0.416 e. The lowest BCUT2D eigenvalue weighted by Gasteiger charge is -2.24. The Kier molecular flexibility index (Phi) is 4.06. The Morgan fingerprint density at radius 2 is 1.87 bits per heavy atom. The number of benzene rings is 1. The van der Waals surface area contributed by atoms with Crippen LogP contribution in [0.4, 0.5) is 13.2 Å². The van der Waals surface area contributed by atoms with E-state index >= 15 is 0 Å². The van der Waals surface area contributed by atoms with E-state index in [4.69, 9.17) is 4.42 Å². The highest BCUT2D eigenvalue weighted by Crippen LogP contribution is 2.30. The lowest BCUT2D eigenvalue weighted by atomic mass is 10.1.